The molecule has 0 saturated heterocycles. The number of ether oxygens (including phenoxy) is 2. The molecule has 0 unspecified atom stereocenters. The van der Waals surface area contributed by atoms with Gasteiger partial charge in [0.15, 0.2) is 18.1 Å². The van der Waals surface area contributed by atoms with Crippen LogP contribution in [0.15, 0.2) is 47.8 Å². The summed E-state index contributed by atoms with van der Waals surface area (Å²) < 4.78 is 10.9. The number of carbonyl (C=O) groups excluding carboxylic acids is 1. The van der Waals surface area contributed by atoms with Crippen LogP contribution in [0.5, 0.6) is 11.5 Å². The van der Waals surface area contributed by atoms with E-state index in [4.69, 9.17) is 9.47 Å². The molecule has 0 N–H and O–H groups in total. The summed E-state index contributed by atoms with van der Waals surface area (Å²) in [7, 11) is 1.59. The molecule has 6 heteroatoms. The first-order chi connectivity index (χ1) is 13.2. The fourth-order valence-electron chi connectivity index (χ4n) is 3.27. The van der Waals surface area contributed by atoms with E-state index in [-0.39, 0.29) is 12.5 Å². The summed E-state index contributed by atoms with van der Waals surface area (Å²) in [6.07, 6.45) is 0.840. The largest absolute Gasteiger partial charge is 0.493 e. The van der Waals surface area contributed by atoms with Crippen molar-refractivity contribution in [1.82, 2.24) is 4.98 Å². The van der Waals surface area contributed by atoms with Crippen LogP contribution in [-0.2, 0) is 11.2 Å². The second-order valence-electron chi connectivity index (χ2n) is 6.33. The Balaban J connectivity index is 1.48. The number of para-hydroxylation sites is 2. The van der Waals surface area contributed by atoms with Crippen LogP contribution < -0.4 is 14.4 Å². The monoisotopic (exact) mass is 380 g/mol. The van der Waals surface area contributed by atoms with E-state index in [0.717, 1.165) is 28.4 Å². The number of hydrogen-bond donors (Lipinski definition) is 0. The summed E-state index contributed by atoms with van der Waals surface area (Å²) in [5.41, 5.74) is 4.21. The van der Waals surface area contributed by atoms with Crippen LogP contribution >= 0.6 is 11.3 Å². The quantitative estimate of drug-likeness (QED) is 0.669. The zero-order valence-corrected chi connectivity index (χ0v) is 16.1. The van der Waals surface area contributed by atoms with Crippen LogP contribution in [0.2, 0.25) is 0 Å². The van der Waals surface area contributed by atoms with E-state index in [1.165, 1.54) is 5.56 Å². The van der Waals surface area contributed by atoms with Crippen LogP contribution in [0.3, 0.4) is 0 Å². The van der Waals surface area contributed by atoms with Crippen molar-refractivity contribution in [3.05, 3.63) is 58.4 Å². The fourth-order valence-corrected chi connectivity index (χ4v) is 3.89. The van der Waals surface area contributed by atoms with Crippen molar-refractivity contribution < 1.29 is 14.3 Å². The van der Waals surface area contributed by atoms with E-state index in [9.17, 15) is 4.79 Å². The number of anilines is 1. The molecular weight excluding hydrogens is 360 g/mol. The van der Waals surface area contributed by atoms with Gasteiger partial charge in [-0.3, -0.25) is 4.79 Å². The summed E-state index contributed by atoms with van der Waals surface area (Å²) in [6, 6.07) is 13.5. The Bertz CT molecular complexity index is 983. The fraction of sp³-hybridized carbons (Fsp3) is 0.238. The highest BCUT2D eigenvalue weighted by Gasteiger charge is 2.25. The van der Waals surface area contributed by atoms with Crippen LogP contribution in [0, 0.1) is 6.92 Å². The summed E-state index contributed by atoms with van der Waals surface area (Å²) in [5.74, 6) is 1.13. The maximum absolute atomic E-state index is 12.7. The molecule has 138 valence electrons. The number of benzene rings is 2. The molecule has 27 heavy (non-hydrogen) atoms. The lowest BCUT2D eigenvalue weighted by Gasteiger charge is -2.18. The van der Waals surface area contributed by atoms with Gasteiger partial charge in [0.1, 0.15) is 0 Å². The predicted octanol–water partition coefficient (Wildman–Crippen LogP) is 4.10. The lowest BCUT2D eigenvalue weighted by atomic mass is 10.1. The summed E-state index contributed by atoms with van der Waals surface area (Å²) in [4.78, 5) is 19.0. The molecule has 0 bridgehead atoms. The number of rotatable bonds is 5. The number of nitrogens with zero attached hydrogens (tertiary/aromatic N) is 2. The molecule has 0 atom stereocenters. The number of thiazole rings is 1. The van der Waals surface area contributed by atoms with Gasteiger partial charge in [-0.25, -0.2) is 4.98 Å². The number of aromatic nitrogens is 1. The molecule has 1 aromatic heterocycles. The van der Waals surface area contributed by atoms with Gasteiger partial charge in [0.25, 0.3) is 5.91 Å². The first-order valence-corrected chi connectivity index (χ1v) is 9.65. The van der Waals surface area contributed by atoms with E-state index in [1.807, 2.05) is 37.3 Å². The second kappa shape index (κ2) is 7.40. The van der Waals surface area contributed by atoms with E-state index in [0.29, 0.717) is 18.0 Å². The highest BCUT2D eigenvalue weighted by molar-refractivity contribution is 7.09. The molecule has 4 rings (SSSR count). The van der Waals surface area contributed by atoms with E-state index in [2.05, 4.69) is 16.4 Å². The minimum absolute atomic E-state index is 0.0210. The molecule has 3 aromatic rings. The Morgan fingerprint density at radius 1 is 1.22 bits per heavy atom. The SMILES string of the molecule is COc1ccccc1OCC(=O)N1CCc2cc(-c3csc(C)n3)ccc21. The van der Waals surface area contributed by atoms with Crippen LogP contribution in [-0.4, -0.2) is 31.2 Å². The lowest BCUT2D eigenvalue weighted by molar-refractivity contribution is -0.120. The summed E-state index contributed by atoms with van der Waals surface area (Å²) in [6.45, 7) is 2.65. The van der Waals surface area contributed by atoms with E-state index >= 15 is 0 Å². The molecule has 5 nitrogen and oxygen atoms in total. The van der Waals surface area contributed by atoms with Gasteiger partial charge in [0.05, 0.1) is 17.8 Å². The number of carbonyl (C=O) groups is 1. The third-order valence-electron chi connectivity index (χ3n) is 4.61. The highest BCUT2D eigenvalue weighted by Crippen LogP contribution is 2.33. The summed E-state index contributed by atoms with van der Waals surface area (Å²) >= 11 is 1.64. The van der Waals surface area contributed by atoms with Gasteiger partial charge < -0.3 is 14.4 Å². The molecule has 0 aliphatic carbocycles. The first-order valence-electron chi connectivity index (χ1n) is 8.77. The minimum atomic E-state index is -0.0584. The van der Waals surface area contributed by atoms with Crippen molar-refractivity contribution >= 4 is 22.9 Å². The molecule has 0 saturated carbocycles. The zero-order chi connectivity index (χ0) is 18.8. The van der Waals surface area contributed by atoms with Crippen LogP contribution in [0.1, 0.15) is 10.6 Å². The van der Waals surface area contributed by atoms with Crippen molar-refractivity contribution in [3.63, 3.8) is 0 Å². The average Bonchev–Trinajstić information content (AvgIpc) is 3.32. The minimum Gasteiger partial charge on any atom is -0.493 e. The van der Waals surface area contributed by atoms with Gasteiger partial charge >= 0.3 is 0 Å². The highest BCUT2D eigenvalue weighted by atomic mass is 32.1. The molecule has 1 aliphatic heterocycles. The molecule has 2 heterocycles. The van der Waals surface area contributed by atoms with Crippen molar-refractivity contribution in [2.24, 2.45) is 0 Å². The van der Waals surface area contributed by atoms with Crippen molar-refractivity contribution in [3.8, 4) is 22.8 Å². The lowest BCUT2D eigenvalue weighted by Crippen LogP contribution is -2.33. The van der Waals surface area contributed by atoms with Crippen LogP contribution in [0.4, 0.5) is 5.69 Å². The average molecular weight is 380 g/mol. The number of methoxy groups -OCH3 is 1. The Hall–Kier alpha value is -2.86. The molecular formula is C21H20N2O3S. The standard InChI is InChI=1S/C21H20N2O3S/c1-14-22-17(13-27-14)15-7-8-18-16(11-15)9-10-23(18)21(24)12-26-20-6-4-3-5-19(20)25-2/h3-8,11,13H,9-10,12H2,1-2H3. The Labute approximate surface area is 162 Å². The zero-order valence-electron chi connectivity index (χ0n) is 15.3. The smallest absolute Gasteiger partial charge is 0.264 e. The molecule has 0 spiro atoms. The molecule has 2 aromatic carbocycles. The van der Waals surface area contributed by atoms with Gasteiger partial charge in [-0.1, -0.05) is 18.2 Å². The third-order valence-corrected chi connectivity index (χ3v) is 5.38. The number of hydrogen-bond acceptors (Lipinski definition) is 5. The number of amides is 1. The van der Waals surface area contributed by atoms with Crippen molar-refractivity contribution in [2.45, 2.75) is 13.3 Å². The maximum Gasteiger partial charge on any atom is 0.264 e. The van der Waals surface area contributed by atoms with Crippen molar-refractivity contribution in [1.29, 1.82) is 0 Å². The van der Waals surface area contributed by atoms with E-state index in [1.54, 1.807) is 29.4 Å². The molecule has 0 fully saturated rings. The molecule has 0 radical (unpaired) electrons. The second-order valence-corrected chi connectivity index (χ2v) is 7.39. The van der Waals surface area contributed by atoms with Gasteiger partial charge in [0.2, 0.25) is 0 Å². The van der Waals surface area contributed by atoms with Crippen molar-refractivity contribution in [2.75, 3.05) is 25.2 Å². The Kier molecular flexibility index (Phi) is 4.81. The Morgan fingerprint density at radius 3 is 2.78 bits per heavy atom. The maximum atomic E-state index is 12.7. The van der Waals surface area contributed by atoms with Gasteiger partial charge in [-0.2, -0.15) is 0 Å². The topological polar surface area (TPSA) is 51.7 Å². The third kappa shape index (κ3) is 3.53. The Morgan fingerprint density at radius 2 is 2.04 bits per heavy atom. The normalized spacial score (nSPS) is 12.7. The first kappa shape index (κ1) is 17.5. The van der Waals surface area contributed by atoms with Crippen LogP contribution in [0.25, 0.3) is 11.3 Å². The predicted molar refractivity (Wildman–Crippen MR) is 107 cm³/mol. The van der Waals surface area contributed by atoms with E-state index < -0.39 is 0 Å². The molecule has 1 aliphatic rings. The summed E-state index contributed by atoms with van der Waals surface area (Å²) in [5, 5.41) is 3.12. The van der Waals surface area contributed by atoms with Gasteiger partial charge in [-0.15, -0.1) is 11.3 Å². The number of fused-ring (bicyclic) bond motifs is 1. The van der Waals surface area contributed by atoms with Gasteiger partial charge in [0, 0.05) is 23.2 Å². The molecule has 1 amide bonds. The van der Waals surface area contributed by atoms with Gasteiger partial charge in [-0.05, 0) is 43.2 Å². The number of aryl methyl sites for hydroxylation is 1.